The summed E-state index contributed by atoms with van der Waals surface area (Å²) in [5.41, 5.74) is 21.1. The number of anilines is 3. The van der Waals surface area contributed by atoms with Crippen molar-refractivity contribution >= 4 is 38.9 Å². The highest BCUT2D eigenvalue weighted by Gasteiger charge is 2.20. The van der Waals surface area contributed by atoms with E-state index in [1.165, 1.54) is 83.0 Å². The number of hydrogen-bond acceptors (Lipinski definition) is 1. The lowest BCUT2D eigenvalue weighted by Crippen LogP contribution is -2.11. The Bertz CT molecular complexity index is 3700. The van der Waals surface area contributed by atoms with Gasteiger partial charge in [-0.1, -0.05) is 218 Å². The zero-order valence-electron chi connectivity index (χ0n) is 37.5. The Morgan fingerprint density at radius 2 is 0.618 bits per heavy atom. The lowest BCUT2D eigenvalue weighted by molar-refractivity contribution is 1.18. The molecule has 0 unspecified atom stereocenters. The van der Waals surface area contributed by atoms with Crippen molar-refractivity contribution in [1.82, 2.24) is 4.57 Å². The third-order valence-corrected chi connectivity index (χ3v) is 13.3. The molecule has 0 aliphatic carbocycles. The maximum Gasteiger partial charge on any atom is 0.0541 e. The molecule has 0 saturated carbocycles. The quantitative estimate of drug-likeness (QED) is 0.133. The van der Waals surface area contributed by atoms with Crippen LogP contribution >= 0.6 is 0 Å². The molecule has 0 aliphatic heterocycles. The fraction of sp³-hybridized carbons (Fsp3) is 0. The van der Waals surface area contributed by atoms with Crippen LogP contribution in [0.5, 0.6) is 0 Å². The van der Waals surface area contributed by atoms with Gasteiger partial charge in [0, 0.05) is 33.4 Å². The number of hydrogen-bond donors (Lipinski definition) is 0. The Kier molecular flexibility index (Phi) is 10.6. The van der Waals surface area contributed by atoms with E-state index in [-0.39, 0.29) is 0 Å². The summed E-state index contributed by atoms with van der Waals surface area (Å²) in [6.45, 7) is 0. The molecule has 0 spiro atoms. The van der Waals surface area contributed by atoms with Gasteiger partial charge in [0.05, 0.1) is 16.7 Å². The summed E-state index contributed by atoms with van der Waals surface area (Å²) >= 11 is 0. The van der Waals surface area contributed by atoms with Crippen LogP contribution in [-0.4, -0.2) is 4.57 Å². The van der Waals surface area contributed by atoms with Crippen molar-refractivity contribution in [3.05, 3.63) is 279 Å². The molecule has 0 N–H and O–H groups in total. The van der Waals surface area contributed by atoms with E-state index in [1.54, 1.807) is 0 Å². The first-order valence-electron chi connectivity index (χ1n) is 23.3. The molecule has 11 aromatic carbocycles. The third-order valence-electron chi connectivity index (χ3n) is 13.3. The first-order valence-corrected chi connectivity index (χ1v) is 23.3. The smallest absolute Gasteiger partial charge is 0.0541 e. The molecule has 0 saturated heterocycles. The maximum absolute atomic E-state index is 2.40. The average molecular weight is 867 g/mol. The van der Waals surface area contributed by atoms with Crippen molar-refractivity contribution < 1.29 is 0 Å². The van der Waals surface area contributed by atoms with Crippen LogP contribution in [-0.2, 0) is 0 Å². The van der Waals surface area contributed by atoms with Crippen molar-refractivity contribution in [2.75, 3.05) is 4.90 Å². The van der Waals surface area contributed by atoms with Gasteiger partial charge < -0.3 is 9.47 Å². The molecule has 1 heterocycles. The minimum atomic E-state index is 1.08. The first kappa shape index (κ1) is 40.5. The number of aromatic nitrogens is 1. The van der Waals surface area contributed by atoms with Crippen LogP contribution in [0.2, 0.25) is 0 Å². The minimum Gasteiger partial charge on any atom is -0.310 e. The number of para-hydroxylation sites is 3. The Morgan fingerprint density at radius 1 is 0.235 bits per heavy atom. The van der Waals surface area contributed by atoms with Gasteiger partial charge in [-0.15, -0.1) is 0 Å². The van der Waals surface area contributed by atoms with Crippen LogP contribution in [0.15, 0.2) is 279 Å². The molecule has 12 rings (SSSR count). The molecular weight excluding hydrogens is 821 g/mol. The number of nitrogens with zero attached hydrogens (tertiary/aromatic N) is 2. The molecule has 1 aromatic heterocycles. The Morgan fingerprint density at radius 3 is 1.19 bits per heavy atom. The Labute approximate surface area is 397 Å². The molecule has 12 aromatic rings. The molecule has 68 heavy (non-hydrogen) atoms. The van der Waals surface area contributed by atoms with Crippen molar-refractivity contribution in [2.24, 2.45) is 0 Å². The molecule has 0 fully saturated rings. The van der Waals surface area contributed by atoms with E-state index >= 15 is 0 Å². The van der Waals surface area contributed by atoms with Crippen molar-refractivity contribution in [3.63, 3.8) is 0 Å². The van der Waals surface area contributed by atoms with Crippen LogP contribution in [0, 0.1) is 0 Å². The van der Waals surface area contributed by atoms with Crippen LogP contribution in [0.3, 0.4) is 0 Å². The third kappa shape index (κ3) is 7.45. The SMILES string of the molecule is c1ccc(-c2ccccc2-c2ccccc2-c2ccccc2-c2ccc(N(c3ccc(-c4ccc5c(c4)c4ccccc4n5-c4ccccc4)cc3)c3ccccc3-c3ccccc3)cc2)cc1. The summed E-state index contributed by atoms with van der Waals surface area (Å²) in [5.74, 6) is 0. The lowest BCUT2D eigenvalue weighted by atomic mass is 9.87. The van der Waals surface area contributed by atoms with E-state index in [0.29, 0.717) is 0 Å². The summed E-state index contributed by atoms with van der Waals surface area (Å²) in [6.07, 6.45) is 0. The summed E-state index contributed by atoms with van der Waals surface area (Å²) in [5, 5.41) is 2.49. The Balaban J connectivity index is 0.938. The summed E-state index contributed by atoms with van der Waals surface area (Å²) < 4.78 is 2.37. The summed E-state index contributed by atoms with van der Waals surface area (Å²) in [6, 6.07) is 101. The standard InChI is InChI=1S/C66H46N2/c1-4-20-48(21-5-1)55-26-10-12-29-58(55)60-31-14-15-32-61(60)59-30-13-11-27-56(59)50-38-43-54(44-39-50)67(64-34-18-16-28-57(64)49-22-6-2-7-23-49)53-41-36-47(37-42-53)51-40-45-66-63(46-51)62-33-17-19-35-65(62)68(66)52-24-8-3-9-25-52/h1-46H. The van der Waals surface area contributed by atoms with E-state index in [2.05, 4.69) is 289 Å². The highest BCUT2D eigenvalue weighted by atomic mass is 15.1. The van der Waals surface area contributed by atoms with E-state index in [4.69, 9.17) is 0 Å². The summed E-state index contributed by atoms with van der Waals surface area (Å²) in [7, 11) is 0. The van der Waals surface area contributed by atoms with Crippen LogP contribution < -0.4 is 4.90 Å². The van der Waals surface area contributed by atoms with Gasteiger partial charge in [0.25, 0.3) is 0 Å². The molecular formula is C66H46N2. The van der Waals surface area contributed by atoms with Gasteiger partial charge in [0.15, 0.2) is 0 Å². The predicted molar refractivity (Wildman–Crippen MR) is 288 cm³/mol. The van der Waals surface area contributed by atoms with E-state index in [0.717, 1.165) is 28.3 Å². The molecule has 2 heteroatoms. The molecule has 2 nitrogen and oxygen atoms in total. The zero-order valence-corrected chi connectivity index (χ0v) is 37.5. The second-order valence-corrected chi connectivity index (χ2v) is 17.2. The van der Waals surface area contributed by atoms with Gasteiger partial charge in [-0.05, 0) is 122 Å². The average Bonchev–Trinajstić information content (AvgIpc) is 3.76. The molecule has 0 radical (unpaired) electrons. The topological polar surface area (TPSA) is 8.17 Å². The fourth-order valence-electron chi connectivity index (χ4n) is 10.1. The monoisotopic (exact) mass is 866 g/mol. The lowest BCUT2D eigenvalue weighted by Gasteiger charge is -2.28. The zero-order chi connectivity index (χ0) is 45.2. The van der Waals surface area contributed by atoms with Crippen LogP contribution in [0.1, 0.15) is 0 Å². The molecule has 0 bridgehead atoms. The molecule has 0 aliphatic rings. The maximum atomic E-state index is 2.40. The van der Waals surface area contributed by atoms with Gasteiger partial charge in [-0.2, -0.15) is 0 Å². The van der Waals surface area contributed by atoms with Gasteiger partial charge in [-0.3, -0.25) is 0 Å². The largest absolute Gasteiger partial charge is 0.310 e. The van der Waals surface area contributed by atoms with Crippen LogP contribution in [0.4, 0.5) is 17.1 Å². The number of rotatable bonds is 10. The summed E-state index contributed by atoms with van der Waals surface area (Å²) in [4.78, 5) is 2.40. The fourth-order valence-corrected chi connectivity index (χ4v) is 10.1. The van der Waals surface area contributed by atoms with Gasteiger partial charge in [-0.25, -0.2) is 0 Å². The highest BCUT2D eigenvalue weighted by Crippen LogP contribution is 2.45. The van der Waals surface area contributed by atoms with Crippen LogP contribution in [0.25, 0.3) is 94.3 Å². The number of fused-ring (bicyclic) bond motifs is 3. The normalized spacial score (nSPS) is 11.2. The molecule has 0 atom stereocenters. The van der Waals surface area contributed by atoms with Gasteiger partial charge >= 0.3 is 0 Å². The molecule has 320 valence electrons. The second-order valence-electron chi connectivity index (χ2n) is 17.2. The number of benzene rings is 11. The van der Waals surface area contributed by atoms with Crippen molar-refractivity contribution in [1.29, 1.82) is 0 Å². The Hall–Kier alpha value is -8.98. The molecule has 0 amide bonds. The van der Waals surface area contributed by atoms with E-state index in [9.17, 15) is 0 Å². The van der Waals surface area contributed by atoms with Gasteiger partial charge in [0.2, 0.25) is 0 Å². The second kappa shape index (κ2) is 17.8. The predicted octanol–water partition coefficient (Wildman–Crippen LogP) is 18.3. The van der Waals surface area contributed by atoms with Crippen molar-refractivity contribution in [2.45, 2.75) is 0 Å². The minimum absolute atomic E-state index is 1.08. The van der Waals surface area contributed by atoms with Crippen molar-refractivity contribution in [3.8, 4) is 72.4 Å². The van der Waals surface area contributed by atoms with E-state index < -0.39 is 0 Å². The first-order chi connectivity index (χ1) is 33.8. The van der Waals surface area contributed by atoms with Gasteiger partial charge in [0.1, 0.15) is 0 Å². The van der Waals surface area contributed by atoms with E-state index in [1.807, 2.05) is 0 Å². The highest BCUT2D eigenvalue weighted by molar-refractivity contribution is 6.10.